The lowest BCUT2D eigenvalue weighted by molar-refractivity contribution is -0.155. The number of amides is 3. The zero-order valence-corrected chi connectivity index (χ0v) is 24.5. The fourth-order valence-corrected chi connectivity index (χ4v) is 6.08. The molecule has 228 valence electrons. The SMILES string of the molecule is CN(C)C(=O)C(=O)N(C)C12CCC(CCC(C)(F)F)(CC1)Cn1c2nc(C(=O)NCc2cccc(Cl)c2F)c(O)c1=O. The molecule has 0 saturated heterocycles. The van der Waals surface area contributed by atoms with Crippen molar-refractivity contribution in [2.24, 2.45) is 5.41 Å². The van der Waals surface area contributed by atoms with Crippen LogP contribution in [0.15, 0.2) is 23.0 Å². The monoisotopic (exact) mass is 611 g/mol. The Bertz CT molecular complexity index is 1480. The summed E-state index contributed by atoms with van der Waals surface area (Å²) in [5.41, 5.74) is -3.69. The smallest absolute Gasteiger partial charge is 0.312 e. The zero-order chi connectivity index (χ0) is 31.2. The van der Waals surface area contributed by atoms with Gasteiger partial charge in [0.2, 0.25) is 11.7 Å². The van der Waals surface area contributed by atoms with Crippen molar-refractivity contribution < 1.29 is 32.7 Å². The van der Waals surface area contributed by atoms with E-state index >= 15 is 0 Å². The summed E-state index contributed by atoms with van der Waals surface area (Å²) < 4.78 is 43.3. The van der Waals surface area contributed by atoms with E-state index in [1.54, 1.807) is 0 Å². The fourth-order valence-electron chi connectivity index (χ4n) is 5.89. The minimum Gasteiger partial charge on any atom is -0.501 e. The molecule has 1 fully saturated rings. The number of carbonyl (C=O) groups excluding carboxylic acids is 3. The molecule has 42 heavy (non-hydrogen) atoms. The Kier molecular flexibility index (Phi) is 8.38. The van der Waals surface area contributed by atoms with Crippen molar-refractivity contribution in [3.05, 3.63) is 56.5 Å². The minimum absolute atomic E-state index is 0.0329. The van der Waals surface area contributed by atoms with E-state index in [-0.39, 0.29) is 48.8 Å². The van der Waals surface area contributed by atoms with Crippen LogP contribution in [0.5, 0.6) is 5.75 Å². The molecule has 2 N–H and O–H groups in total. The fraction of sp³-hybridized carbons (Fsp3) is 0.536. The van der Waals surface area contributed by atoms with Crippen LogP contribution in [0.4, 0.5) is 13.2 Å². The maximum absolute atomic E-state index is 14.4. The first-order valence-electron chi connectivity index (χ1n) is 13.4. The van der Waals surface area contributed by atoms with Crippen LogP contribution in [0, 0.1) is 11.2 Å². The second-order valence-corrected chi connectivity index (χ2v) is 12.0. The number of alkyl halides is 2. The van der Waals surface area contributed by atoms with Crippen LogP contribution in [0.1, 0.15) is 67.3 Å². The Balaban J connectivity index is 1.80. The average Bonchev–Trinajstić information content (AvgIpc) is 3.17. The number of hydrogen-bond acceptors (Lipinski definition) is 6. The van der Waals surface area contributed by atoms with Gasteiger partial charge >= 0.3 is 11.8 Å². The summed E-state index contributed by atoms with van der Waals surface area (Å²) in [5.74, 6) is -7.40. The maximum Gasteiger partial charge on any atom is 0.312 e. The van der Waals surface area contributed by atoms with E-state index in [1.807, 2.05) is 0 Å². The molecule has 0 unspecified atom stereocenters. The van der Waals surface area contributed by atoms with Crippen molar-refractivity contribution in [1.29, 1.82) is 0 Å². The Morgan fingerprint density at radius 3 is 2.38 bits per heavy atom. The summed E-state index contributed by atoms with van der Waals surface area (Å²) >= 11 is 5.81. The number of halogens is 4. The van der Waals surface area contributed by atoms with E-state index in [2.05, 4.69) is 10.3 Å². The molecule has 10 nitrogen and oxygen atoms in total. The van der Waals surface area contributed by atoms with Gasteiger partial charge in [0.05, 0.1) is 5.02 Å². The van der Waals surface area contributed by atoms with E-state index in [1.165, 1.54) is 44.2 Å². The molecule has 1 saturated carbocycles. The molecule has 14 heteroatoms. The predicted octanol–water partition coefficient (Wildman–Crippen LogP) is 3.42. The molecular weight excluding hydrogens is 579 g/mol. The molecule has 1 aromatic heterocycles. The molecule has 3 heterocycles. The third-order valence-corrected chi connectivity index (χ3v) is 8.80. The normalized spacial score (nSPS) is 21.3. The summed E-state index contributed by atoms with van der Waals surface area (Å²) in [7, 11) is 4.22. The van der Waals surface area contributed by atoms with Gasteiger partial charge in [0.1, 0.15) is 17.2 Å². The lowest BCUT2D eigenvalue weighted by Crippen LogP contribution is -2.54. The van der Waals surface area contributed by atoms with E-state index in [0.717, 1.165) is 16.4 Å². The summed E-state index contributed by atoms with van der Waals surface area (Å²) in [6.45, 7) is 0.416. The summed E-state index contributed by atoms with van der Waals surface area (Å²) in [5, 5.41) is 13.1. The Morgan fingerprint density at radius 1 is 1.14 bits per heavy atom. The average molecular weight is 612 g/mol. The molecule has 1 aromatic carbocycles. The number of fused-ring (bicyclic) bond motifs is 2. The van der Waals surface area contributed by atoms with Gasteiger partial charge in [-0.25, -0.2) is 18.2 Å². The van der Waals surface area contributed by atoms with Crippen LogP contribution in [0.3, 0.4) is 0 Å². The van der Waals surface area contributed by atoms with Crippen molar-refractivity contribution in [2.45, 2.75) is 70.0 Å². The lowest BCUT2D eigenvalue weighted by Gasteiger charge is -2.46. The number of nitrogens with one attached hydrogen (secondary N) is 1. The molecule has 5 rings (SSSR count). The standard InChI is InChI=1S/C28H33ClF3N5O5/c1-26(31,32)8-9-27-10-12-28(13-11-27,36(4)24(42)23(41)35(2)3)25-34-19(20(38)22(40)37(25)15-27)21(39)33-14-16-6-5-7-17(29)18(16)30/h5-7,38H,8-15H2,1-4H3,(H,33,39). The highest BCUT2D eigenvalue weighted by atomic mass is 35.5. The number of likely N-dealkylation sites (N-methyl/N-ethyl adjacent to an activating group) is 2. The number of carbonyl (C=O) groups is 3. The molecule has 2 bridgehead atoms. The Hall–Kier alpha value is -3.61. The second kappa shape index (κ2) is 11.2. The minimum atomic E-state index is -2.95. The third-order valence-electron chi connectivity index (χ3n) is 8.51. The van der Waals surface area contributed by atoms with E-state index in [4.69, 9.17) is 11.6 Å². The lowest BCUT2D eigenvalue weighted by atomic mass is 9.65. The van der Waals surface area contributed by atoms with Crippen molar-refractivity contribution in [1.82, 2.24) is 24.7 Å². The quantitative estimate of drug-likeness (QED) is 0.463. The van der Waals surface area contributed by atoms with Gasteiger partial charge in [-0.15, -0.1) is 0 Å². The van der Waals surface area contributed by atoms with Gasteiger partial charge in [-0.2, -0.15) is 0 Å². The van der Waals surface area contributed by atoms with Crippen molar-refractivity contribution in [2.75, 3.05) is 21.1 Å². The van der Waals surface area contributed by atoms with Crippen molar-refractivity contribution in [3.8, 4) is 5.75 Å². The van der Waals surface area contributed by atoms with Crippen LogP contribution in [0.25, 0.3) is 0 Å². The van der Waals surface area contributed by atoms with E-state index in [9.17, 15) is 37.5 Å². The zero-order valence-electron chi connectivity index (χ0n) is 23.8. The number of nitrogens with zero attached hydrogens (tertiary/aromatic N) is 4. The maximum atomic E-state index is 14.4. The van der Waals surface area contributed by atoms with Crippen molar-refractivity contribution in [3.63, 3.8) is 0 Å². The largest absolute Gasteiger partial charge is 0.501 e. The summed E-state index contributed by atoms with van der Waals surface area (Å²) in [6, 6.07) is 4.23. The van der Waals surface area contributed by atoms with Crippen molar-refractivity contribution >= 4 is 29.3 Å². The number of aromatic hydroxyl groups is 1. The van der Waals surface area contributed by atoms with Gasteiger partial charge in [-0.1, -0.05) is 23.7 Å². The number of benzene rings is 1. The first kappa shape index (κ1) is 31.3. The Labute approximate surface area is 245 Å². The molecule has 0 atom stereocenters. The molecule has 3 aliphatic rings. The van der Waals surface area contributed by atoms with Crippen LogP contribution in [-0.2, 0) is 28.2 Å². The van der Waals surface area contributed by atoms with Gasteiger partial charge in [0.25, 0.3) is 11.5 Å². The molecule has 3 amide bonds. The van der Waals surface area contributed by atoms with Gasteiger partial charge in [-0.05, 0) is 50.5 Å². The highest BCUT2D eigenvalue weighted by Gasteiger charge is 2.54. The molecule has 0 spiro atoms. The predicted molar refractivity (Wildman–Crippen MR) is 147 cm³/mol. The molecule has 2 aromatic rings. The van der Waals surface area contributed by atoms with Gasteiger partial charge in [0.15, 0.2) is 5.69 Å². The van der Waals surface area contributed by atoms with Crippen LogP contribution in [-0.4, -0.2) is 69.2 Å². The Morgan fingerprint density at radius 2 is 1.79 bits per heavy atom. The first-order chi connectivity index (χ1) is 19.5. The highest BCUT2D eigenvalue weighted by Crippen LogP contribution is 2.54. The van der Waals surface area contributed by atoms with Crippen LogP contribution in [0.2, 0.25) is 5.02 Å². The number of rotatable bonds is 7. The summed E-state index contributed by atoms with van der Waals surface area (Å²) in [6.07, 6.45) is 0.652. The van der Waals surface area contributed by atoms with Crippen LogP contribution >= 0.6 is 11.6 Å². The molecular formula is C28H33ClF3N5O5. The molecule has 1 aliphatic carbocycles. The number of aromatic nitrogens is 2. The van der Waals surface area contributed by atoms with Crippen LogP contribution < -0.4 is 10.9 Å². The highest BCUT2D eigenvalue weighted by molar-refractivity contribution is 6.34. The first-order valence-corrected chi connectivity index (χ1v) is 13.8. The third kappa shape index (κ3) is 5.70. The second-order valence-electron chi connectivity index (χ2n) is 11.6. The topological polar surface area (TPSA) is 125 Å². The van der Waals surface area contributed by atoms with E-state index in [0.29, 0.717) is 12.8 Å². The molecule has 0 radical (unpaired) electrons. The van der Waals surface area contributed by atoms with Gasteiger partial charge < -0.3 is 20.2 Å². The van der Waals surface area contributed by atoms with Gasteiger partial charge in [0, 0.05) is 46.2 Å². The summed E-state index contributed by atoms with van der Waals surface area (Å²) in [4.78, 5) is 59.4. The number of hydrogen-bond donors (Lipinski definition) is 2. The molecule has 2 aliphatic heterocycles. The van der Waals surface area contributed by atoms with E-state index < -0.39 is 63.8 Å². The van der Waals surface area contributed by atoms with Gasteiger partial charge in [-0.3, -0.25) is 23.7 Å².